The van der Waals surface area contributed by atoms with Crippen molar-refractivity contribution in [2.75, 3.05) is 30.9 Å². The first-order chi connectivity index (χ1) is 17.7. The fourth-order valence-corrected chi connectivity index (χ4v) is 6.89. The van der Waals surface area contributed by atoms with Gasteiger partial charge in [-0.05, 0) is 32.0 Å². The second-order valence-electron chi connectivity index (χ2n) is 9.10. The predicted molar refractivity (Wildman–Crippen MR) is 141 cm³/mol. The van der Waals surface area contributed by atoms with Gasteiger partial charge in [0.2, 0.25) is 0 Å². The van der Waals surface area contributed by atoms with Crippen molar-refractivity contribution in [3.05, 3.63) is 82.4 Å². The standard InChI is InChI=1S/C27H24ClF3N3O2P/c1-15(18-4-3-5-21(29)26(18)31)34-27-20-12-19(22(30)13-23(20)33-16(2)25(27)28)17-6-7-24(32-14-17)37(35)10-8-36-9-11-37/h3-7,12-15H,8-11H2,1-2H3,(H,33,34). The lowest BCUT2D eigenvalue weighted by Gasteiger charge is -2.22. The van der Waals surface area contributed by atoms with Gasteiger partial charge in [-0.15, -0.1) is 0 Å². The molecular formula is C27H24ClF3N3O2P. The van der Waals surface area contributed by atoms with Gasteiger partial charge in [0.1, 0.15) is 18.4 Å². The Morgan fingerprint density at radius 1 is 1.08 bits per heavy atom. The van der Waals surface area contributed by atoms with E-state index in [1.165, 1.54) is 24.4 Å². The van der Waals surface area contributed by atoms with Crippen LogP contribution in [0.1, 0.15) is 24.2 Å². The Labute approximate surface area is 217 Å². The number of anilines is 1. The highest BCUT2D eigenvalue weighted by Crippen LogP contribution is 2.45. The van der Waals surface area contributed by atoms with Crippen molar-refractivity contribution in [2.45, 2.75) is 19.9 Å². The number of benzene rings is 2. The van der Waals surface area contributed by atoms with E-state index in [4.69, 9.17) is 16.3 Å². The number of hydrogen-bond donors (Lipinski definition) is 1. The molecule has 1 aliphatic rings. The largest absolute Gasteiger partial charge is 0.380 e. The normalized spacial score (nSPS) is 16.1. The summed E-state index contributed by atoms with van der Waals surface area (Å²) in [7, 11) is -2.63. The Bertz CT molecular complexity index is 1540. The number of ether oxygens (including phenoxy) is 1. The van der Waals surface area contributed by atoms with Crippen LogP contribution in [0.25, 0.3) is 22.0 Å². The number of nitrogens with zero attached hydrogens (tertiary/aromatic N) is 2. The molecule has 1 unspecified atom stereocenters. The van der Waals surface area contributed by atoms with Gasteiger partial charge >= 0.3 is 0 Å². The number of rotatable bonds is 5. The number of pyridine rings is 2. The van der Waals surface area contributed by atoms with E-state index >= 15 is 4.39 Å². The van der Waals surface area contributed by atoms with Gasteiger partial charge in [-0.3, -0.25) is 9.97 Å². The number of halogens is 4. The lowest BCUT2D eigenvalue weighted by atomic mass is 10.0. The van der Waals surface area contributed by atoms with Crippen LogP contribution in [-0.4, -0.2) is 35.5 Å². The molecule has 192 valence electrons. The van der Waals surface area contributed by atoms with Crippen molar-refractivity contribution >= 4 is 40.8 Å². The quantitative estimate of drug-likeness (QED) is 0.277. The molecule has 0 spiro atoms. The van der Waals surface area contributed by atoms with Crippen molar-refractivity contribution in [1.29, 1.82) is 0 Å². The molecule has 0 aliphatic carbocycles. The molecule has 0 radical (unpaired) electrons. The molecule has 0 amide bonds. The minimum absolute atomic E-state index is 0.129. The van der Waals surface area contributed by atoms with Crippen molar-refractivity contribution in [2.24, 2.45) is 0 Å². The lowest BCUT2D eigenvalue weighted by molar-refractivity contribution is 0.156. The first kappa shape index (κ1) is 25.7. The summed E-state index contributed by atoms with van der Waals surface area (Å²) in [5.74, 6) is -2.41. The highest BCUT2D eigenvalue weighted by atomic mass is 35.5. The van der Waals surface area contributed by atoms with Crippen LogP contribution in [0.2, 0.25) is 5.02 Å². The van der Waals surface area contributed by atoms with Crippen molar-refractivity contribution in [1.82, 2.24) is 9.97 Å². The zero-order chi connectivity index (χ0) is 26.3. The molecule has 3 heterocycles. The Kier molecular flexibility index (Phi) is 7.01. The second kappa shape index (κ2) is 10.1. The number of aryl methyl sites for hydroxylation is 1. The Hall–Kier alpha value is -2.93. The van der Waals surface area contributed by atoms with Crippen LogP contribution in [-0.2, 0) is 9.30 Å². The van der Waals surface area contributed by atoms with Crippen LogP contribution in [0.5, 0.6) is 0 Å². The maximum atomic E-state index is 15.2. The third-order valence-corrected chi connectivity index (χ3v) is 10.0. The summed E-state index contributed by atoms with van der Waals surface area (Å²) in [6.45, 7) is 4.23. The zero-order valence-electron chi connectivity index (χ0n) is 20.2. The van der Waals surface area contributed by atoms with Gasteiger partial charge in [0, 0.05) is 46.7 Å². The molecular weight excluding hydrogens is 522 g/mol. The molecule has 1 saturated heterocycles. The molecule has 5 nitrogen and oxygen atoms in total. The van der Waals surface area contributed by atoms with Crippen LogP contribution < -0.4 is 10.8 Å². The van der Waals surface area contributed by atoms with Gasteiger partial charge in [0.15, 0.2) is 11.6 Å². The zero-order valence-corrected chi connectivity index (χ0v) is 21.8. The molecule has 1 atom stereocenters. The third-order valence-electron chi connectivity index (χ3n) is 6.66. The number of nitrogens with one attached hydrogen (secondary N) is 1. The SMILES string of the molecule is Cc1nc2cc(F)c(-c3ccc(P4(=O)CCOCC4)nc3)cc2c(NC(C)c2cccc(F)c2F)c1Cl. The lowest BCUT2D eigenvalue weighted by Crippen LogP contribution is -2.23. The molecule has 0 saturated carbocycles. The molecule has 5 rings (SSSR count). The van der Waals surface area contributed by atoms with Crippen LogP contribution in [0, 0.1) is 24.4 Å². The van der Waals surface area contributed by atoms with E-state index in [1.807, 2.05) is 0 Å². The van der Waals surface area contributed by atoms with Gasteiger partial charge in [0.25, 0.3) is 0 Å². The minimum atomic E-state index is -2.63. The third kappa shape index (κ3) is 4.86. The first-order valence-corrected chi connectivity index (χ1v) is 14.3. The Morgan fingerprint density at radius 2 is 1.84 bits per heavy atom. The highest BCUT2D eigenvalue weighted by Gasteiger charge is 2.29. The minimum Gasteiger partial charge on any atom is -0.380 e. The first-order valence-electron chi connectivity index (χ1n) is 11.8. The average Bonchev–Trinajstić information content (AvgIpc) is 2.88. The molecule has 2 aromatic carbocycles. The molecule has 37 heavy (non-hydrogen) atoms. The van der Waals surface area contributed by atoms with E-state index in [0.717, 1.165) is 6.07 Å². The fraction of sp³-hybridized carbons (Fsp3) is 0.259. The summed E-state index contributed by atoms with van der Waals surface area (Å²) in [5.41, 5.74) is 2.63. The summed E-state index contributed by atoms with van der Waals surface area (Å²) >= 11 is 6.59. The maximum Gasteiger partial charge on any atom is 0.164 e. The van der Waals surface area contributed by atoms with E-state index in [0.29, 0.717) is 63.8 Å². The molecule has 0 bridgehead atoms. The average molecular weight is 546 g/mol. The summed E-state index contributed by atoms with van der Waals surface area (Å²) in [4.78, 5) is 8.83. The van der Waals surface area contributed by atoms with Gasteiger partial charge < -0.3 is 14.6 Å². The topological polar surface area (TPSA) is 64.1 Å². The number of fused-ring (bicyclic) bond motifs is 1. The van der Waals surface area contributed by atoms with Gasteiger partial charge in [-0.2, -0.15) is 0 Å². The van der Waals surface area contributed by atoms with Crippen LogP contribution >= 0.6 is 18.7 Å². The monoisotopic (exact) mass is 545 g/mol. The molecule has 1 fully saturated rings. The summed E-state index contributed by atoms with van der Waals surface area (Å²) in [6, 6.07) is 9.61. The van der Waals surface area contributed by atoms with E-state index in [-0.39, 0.29) is 11.1 Å². The van der Waals surface area contributed by atoms with E-state index in [1.54, 1.807) is 32.0 Å². The molecule has 4 aromatic rings. The Balaban J connectivity index is 1.56. The summed E-state index contributed by atoms with van der Waals surface area (Å²) in [5, 5.41) is 3.97. The van der Waals surface area contributed by atoms with E-state index in [9.17, 15) is 13.3 Å². The second-order valence-corrected chi connectivity index (χ2v) is 12.6. The molecule has 2 aromatic heterocycles. The van der Waals surface area contributed by atoms with Gasteiger partial charge in [0.05, 0.1) is 41.2 Å². The fourth-order valence-electron chi connectivity index (χ4n) is 4.55. The predicted octanol–water partition coefficient (Wildman–Crippen LogP) is 6.87. The van der Waals surface area contributed by atoms with Crippen LogP contribution in [0.3, 0.4) is 0 Å². The number of aromatic nitrogens is 2. The summed E-state index contributed by atoms with van der Waals surface area (Å²) < 4.78 is 62.0. The van der Waals surface area contributed by atoms with Crippen molar-refractivity contribution < 1.29 is 22.5 Å². The smallest absolute Gasteiger partial charge is 0.164 e. The van der Waals surface area contributed by atoms with Gasteiger partial charge in [-0.25, -0.2) is 13.2 Å². The summed E-state index contributed by atoms with van der Waals surface area (Å²) in [6.07, 6.45) is 2.38. The van der Waals surface area contributed by atoms with Crippen LogP contribution in [0.4, 0.5) is 18.9 Å². The maximum absolute atomic E-state index is 15.2. The van der Waals surface area contributed by atoms with Crippen molar-refractivity contribution in [3.8, 4) is 11.1 Å². The van der Waals surface area contributed by atoms with E-state index < -0.39 is 30.6 Å². The molecule has 1 N–H and O–H groups in total. The van der Waals surface area contributed by atoms with Crippen molar-refractivity contribution in [3.63, 3.8) is 0 Å². The molecule has 1 aliphatic heterocycles. The number of hydrogen-bond acceptors (Lipinski definition) is 5. The Morgan fingerprint density at radius 3 is 2.54 bits per heavy atom. The van der Waals surface area contributed by atoms with Crippen LogP contribution in [0.15, 0.2) is 48.7 Å². The molecule has 10 heteroatoms. The van der Waals surface area contributed by atoms with Gasteiger partial charge in [-0.1, -0.05) is 29.8 Å². The highest BCUT2D eigenvalue weighted by molar-refractivity contribution is 7.71. The van der Waals surface area contributed by atoms with E-state index in [2.05, 4.69) is 15.3 Å².